The van der Waals surface area contributed by atoms with E-state index in [1.807, 2.05) is 39.0 Å². The highest BCUT2D eigenvalue weighted by molar-refractivity contribution is 5.74. The zero-order valence-electron chi connectivity index (χ0n) is 12.7. The average molecular weight is 265 g/mol. The van der Waals surface area contributed by atoms with Gasteiger partial charge in [-0.2, -0.15) is 0 Å². The molecule has 0 rings (SSSR count). The van der Waals surface area contributed by atoms with E-state index in [1.165, 1.54) is 0 Å². The Bertz CT molecular complexity index is 390. The molecule has 1 atom stereocenters. The maximum absolute atomic E-state index is 11.1. The minimum absolute atomic E-state index is 0.169. The second-order valence-corrected chi connectivity index (χ2v) is 6.22. The van der Waals surface area contributed by atoms with Crippen LogP contribution < -0.4 is 5.73 Å². The molecule has 3 nitrogen and oxygen atoms in total. The van der Waals surface area contributed by atoms with E-state index in [2.05, 4.69) is 20.4 Å². The molecule has 0 amide bonds. The lowest BCUT2D eigenvalue weighted by molar-refractivity contribution is -0.141. The number of rotatable bonds is 7. The lowest BCUT2D eigenvalue weighted by atomic mass is 9.68. The number of carboxylic acids is 1. The fourth-order valence-corrected chi connectivity index (χ4v) is 2.50. The van der Waals surface area contributed by atoms with E-state index < -0.39 is 17.4 Å². The minimum atomic E-state index is -0.957. The molecule has 0 aliphatic carbocycles. The van der Waals surface area contributed by atoms with Crippen molar-refractivity contribution >= 4 is 5.97 Å². The third-order valence-corrected chi connectivity index (χ3v) is 3.43. The van der Waals surface area contributed by atoms with E-state index in [9.17, 15) is 4.79 Å². The second-order valence-electron chi connectivity index (χ2n) is 6.22. The molecule has 0 aliphatic heterocycles. The van der Waals surface area contributed by atoms with Crippen LogP contribution in [0.3, 0.4) is 0 Å². The molecule has 0 saturated heterocycles. The van der Waals surface area contributed by atoms with E-state index in [4.69, 9.17) is 10.8 Å². The van der Waals surface area contributed by atoms with Crippen LogP contribution in [0.4, 0.5) is 0 Å². The number of carboxylic acid groups (broad SMARTS) is 1. The largest absolute Gasteiger partial charge is 0.480 e. The Morgan fingerprint density at radius 3 is 2.26 bits per heavy atom. The maximum atomic E-state index is 11.1. The average Bonchev–Trinajstić information content (AvgIpc) is 2.26. The van der Waals surface area contributed by atoms with Gasteiger partial charge in [-0.3, -0.25) is 4.79 Å². The van der Waals surface area contributed by atoms with Crippen molar-refractivity contribution in [3.05, 3.63) is 36.5 Å². The molecule has 0 aromatic heterocycles. The van der Waals surface area contributed by atoms with E-state index in [1.54, 1.807) is 6.08 Å². The monoisotopic (exact) mass is 265 g/mol. The van der Waals surface area contributed by atoms with Crippen LogP contribution in [-0.2, 0) is 4.79 Å². The molecule has 0 bridgehead atoms. The van der Waals surface area contributed by atoms with Gasteiger partial charge in [-0.25, -0.2) is 0 Å². The molecular formula is C16H27NO2. The lowest BCUT2D eigenvalue weighted by Gasteiger charge is -2.38. The van der Waals surface area contributed by atoms with E-state index in [0.29, 0.717) is 6.42 Å². The molecule has 0 saturated carbocycles. The molecule has 3 N–H and O–H groups in total. The van der Waals surface area contributed by atoms with Gasteiger partial charge in [0.05, 0.1) is 0 Å². The summed E-state index contributed by atoms with van der Waals surface area (Å²) in [5.41, 5.74) is 6.26. The fraction of sp³-hybridized carbons (Fsp3) is 0.562. The molecule has 108 valence electrons. The highest BCUT2D eigenvalue weighted by Crippen LogP contribution is 2.41. The van der Waals surface area contributed by atoms with Gasteiger partial charge in [-0.1, -0.05) is 58.6 Å². The van der Waals surface area contributed by atoms with Crippen molar-refractivity contribution in [3.63, 3.8) is 0 Å². The van der Waals surface area contributed by atoms with Gasteiger partial charge in [0, 0.05) is 0 Å². The Morgan fingerprint density at radius 1 is 1.37 bits per heavy atom. The van der Waals surface area contributed by atoms with Gasteiger partial charge in [-0.15, -0.1) is 0 Å². The van der Waals surface area contributed by atoms with Crippen LogP contribution in [0.5, 0.6) is 0 Å². The topological polar surface area (TPSA) is 63.3 Å². The van der Waals surface area contributed by atoms with Crippen molar-refractivity contribution in [2.45, 2.75) is 47.1 Å². The van der Waals surface area contributed by atoms with Gasteiger partial charge in [0.1, 0.15) is 6.04 Å². The standard InChI is InChI=1S/C16H27NO2/c1-7-9-12(10-8-2)15(3,4)11-16(5,6)13(17)14(18)19/h7-10,13H,1,11,17H2,2-6H3,(H,18,19)/b10-8-,12-9+/t13-/m1/s1. The van der Waals surface area contributed by atoms with Gasteiger partial charge in [0.2, 0.25) is 0 Å². The van der Waals surface area contributed by atoms with Crippen LogP contribution in [0.1, 0.15) is 41.0 Å². The van der Waals surface area contributed by atoms with Crippen LogP contribution in [0, 0.1) is 10.8 Å². The first kappa shape index (κ1) is 17.6. The Balaban J connectivity index is 5.28. The SMILES string of the molecule is C=C/C=C(\C=C/C)C(C)(C)CC(C)(C)[C@H](N)C(=O)O. The second kappa shape index (κ2) is 6.71. The summed E-state index contributed by atoms with van der Waals surface area (Å²) < 4.78 is 0. The predicted octanol–water partition coefficient (Wildman–Crippen LogP) is 3.53. The minimum Gasteiger partial charge on any atom is -0.480 e. The van der Waals surface area contributed by atoms with Gasteiger partial charge < -0.3 is 10.8 Å². The van der Waals surface area contributed by atoms with Crippen molar-refractivity contribution in [2.24, 2.45) is 16.6 Å². The third-order valence-electron chi connectivity index (χ3n) is 3.43. The molecular weight excluding hydrogens is 238 g/mol. The van der Waals surface area contributed by atoms with Crippen LogP contribution in [0.15, 0.2) is 36.5 Å². The highest BCUT2D eigenvalue weighted by Gasteiger charge is 2.38. The number of hydrogen-bond acceptors (Lipinski definition) is 2. The smallest absolute Gasteiger partial charge is 0.321 e. The summed E-state index contributed by atoms with van der Waals surface area (Å²) in [4.78, 5) is 11.1. The quantitative estimate of drug-likeness (QED) is 0.692. The molecule has 19 heavy (non-hydrogen) atoms. The number of allylic oxidation sites excluding steroid dienone is 5. The third kappa shape index (κ3) is 5.03. The summed E-state index contributed by atoms with van der Waals surface area (Å²) in [6.45, 7) is 13.7. The zero-order chi connectivity index (χ0) is 15.3. The Morgan fingerprint density at radius 2 is 1.89 bits per heavy atom. The van der Waals surface area contributed by atoms with Crippen molar-refractivity contribution < 1.29 is 9.90 Å². The first-order valence-electron chi connectivity index (χ1n) is 6.53. The van der Waals surface area contributed by atoms with Gasteiger partial charge in [-0.05, 0) is 29.7 Å². The Hall–Kier alpha value is -1.35. The zero-order valence-corrected chi connectivity index (χ0v) is 12.7. The van der Waals surface area contributed by atoms with Crippen molar-refractivity contribution in [1.82, 2.24) is 0 Å². The molecule has 0 aliphatic rings. The van der Waals surface area contributed by atoms with Crippen molar-refractivity contribution in [2.75, 3.05) is 0 Å². The fourth-order valence-electron chi connectivity index (χ4n) is 2.50. The molecule has 0 radical (unpaired) electrons. The summed E-state index contributed by atoms with van der Waals surface area (Å²) >= 11 is 0. The normalized spacial score (nSPS) is 15.6. The summed E-state index contributed by atoms with van der Waals surface area (Å²) in [5.74, 6) is -0.957. The number of hydrogen-bond donors (Lipinski definition) is 2. The van der Waals surface area contributed by atoms with E-state index in [-0.39, 0.29) is 5.41 Å². The van der Waals surface area contributed by atoms with Gasteiger partial charge in [0.15, 0.2) is 0 Å². The first-order chi connectivity index (χ1) is 8.58. The molecule has 0 fully saturated rings. The Kier molecular flexibility index (Phi) is 6.23. The van der Waals surface area contributed by atoms with E-state index >= 15 is 0 Å². The number of aliphatic carboxylic acids is 1. The lowest BCUT2D eigenvalue weighted by Crippen LogP contribution is -2.46. The van der Waals surface area contributed by atoms with Crippen LogP contribution in [-0.4, -0.2) is 17.1 Å². The number of carbonyl (C=O) groups is 1. The summed E-state index contributed by atoms with van der Waals surface area (Å²) in [5, 5.41) is 9.09. The molecule has 0 spiro atoms. The van der Waals surface area contributed by atoms with E-state index in [0.717, 1.165) is 5.57 Å². The summed E-state index contributed by atoms with van der Waals surface area (Å²) in [6, 6.07) is -0.873. The molecule has 0 aromatic rings. The number of nitrogens with two attached hydrogens (primary N) is 1. The first-order valence-corrected chi connectivity index (χ1v) is 6.53. The van der Waals surface area contributed by atoms with Crippen LogP contribution >= 0.6 is 0 Å². The molecule has 0 heterocycles. The van der Waals surface area contributed by atoms with Crippen LogP contribution in [0.2, 0.25) is 0 Å². The maximum Gasteiger partial charge on any atom is 0.321 e. The van der Waals surface area contributed by atoms with Gasteiger partial charge >= 0.3 is 5.97 Å². The summed E-state index contributed by atoms with van der Waals surface area (Å²) in [7, 11) is 0. The van der Waals surface area contributed by atoms with Crippen molar-refractivity contribution in [3.8, 4) is 0 Å². The molecule has 3 heteroatoms. The van der Waals surface area contributed by atoms with Gasteiger partial charge in [0.25, 0.3) is 0 Å². The highest BCUT2D eigenvalue weighted by atomic mass is 16.4. The predicted molar refractivity (Wildman–Crippen MR) is 80.9 cm³/mol. The van der Waals surface area contributed by atoms with Crippen molar-refractivity contribution in [1.29, 1.82) is 0 Å². The summed E-state index contributed by atoms with van der Waals surface area (Å²) in [6.07, 6.45) is 8.40. The van der Waals surface area contributed by atoms with Crippen LogP contribution in [0.25, 0.3) is 0 Å². The Labute approximate surface area is 116 Å². The molecule has 0 unspecified atom stereocenters. The molecule has 0 aromatic carbocycles.